The predicted octanol–water partition coefficient (Wildman–Crippen LogP) is 3.67. The van der Waals surface area contributed by atoms with E-state index in [2.05, 4.69) is 4.98 Å². The summed E-state index contributed by atoms with van der Waals surface area (Å²) in [5.74, 6) is -0.388. The van der Waals surface area contributed by atoms with Gasteiger partial charge in [0.15, 0.2) is 18.2 Å². The van der Waals surface area contributed by atoms with E-state index in [4.69, 9.17) is 25.9 Å². The Morgan fingerprint density at radius 2 is 1.97 bits per heavy atom. The highest BCUT2D eigenvalue weighted by molar-refractivity contribution is 6.30. The standard InChI is InChI=1S/C20H20ClN3O5/c1-13(25)24(18-8-5-15(21)11-23-18)29-17-7-6-16(9-14(17)10-22)27-12-19(26)28-20(2,3)4/h5-9,11H,12H2,1-4H3. The number of ether oxygens (including phenoxy) is 2. The predicted molar refractivity (Wildman–Crippen MR) is 106 cm³/mol. The van der Waals surface area contributed by atoms with Crippen molar-refractivity contribution in [1.82, 2.24) is 4.98 Å². The maximum Gasteiger partial charge on any atom is 0.344 e. The molecule has 2 aromatic rings. The number of nitriles is 1. The lowest BCUT2D eigenvalue weighted by atomic mass is 10.2. The molecule has 0 radical (unpaired) electrons. The van der Waals surface area contributed by atoms with E-state index in [0.717, 1.165) is 5.06 Å². The number of hydrogen-bond donors (Lipinski definition) is 0. The second kappa shape index (κ2) is 9.26. The monoisotopic (exact) mass is 417 g/mol. The van der Waals surface area contributed by atoms with E-state index in [1.807, 2.05) is 6.07 Å². The van der Waals surface area contributed by atoms with Crippen LogP contribution in [0.15, 0.2) is 36.5 Å². The van der Waals surface area contributed by atoms with E-state index in [0.29, 0.717) is 5.02 Å². The summed E-state index contributed by atoms with van der Waals surface area (Å²) in [4.78, 5) is 33.3. The van der Waals surface area contributed by atoms with E-state index in [1.165, 1.54) is 37.4 Å². The van der Waals surface area contributed by atoms with Crippen molar-refractivity contribution in [2.24, 2.45) is 0 Å². The van der Waals surface area contributed by atoms with Crippen molar-refractivity contribution in [1.29, 1.82) is 5.26 Å². The molecule has 1 aromatic carbocycles. The van der Waals surface area contributed by atoms with Crippen molar-refractivity contribution < 1.29 is 23.9 Å². The van der Waals surface area contributed by atoms with Gasteiger partial charge >= 0.3 is 5.97 Å². The SMILES string of the molecule is CC(=O)N(Oc1ccc(OCC(=O)OC(C)(C)C)cc1C#N)c1ccc(Cl)cn1. The van der Waals surface area contributed by atoms with Crippen LogP contribution in [-0.4, -0.2) is 29.1 Å². The molecule has 0 aliphatic carbocycles. The minimum absolute atomic E-state index is 0.104. The van der Waals surface area contributed by atoms with Gasteiger partial charge in [0.1, 0.15) is 23.0 Å². The lowest BCUT2D eigenvalue weighted by Crippen LogP contribution is -2.33. The van der Waals surface area contributed by atoms with Gasteiger partial charge in [0, 0.05) is 19.2 Å². The highest BCUT2D eigenvalue weighted by atomic mass is 35.5. The van der Waals surface area contributed by atoms with Crippen LogP contribution < -0.4 is 14.6 Å². The first-order valence-electron chi connectivity index (χ1n) is 8.58. The van der Waals surface area contributed by atoms with Crippen LogP contribution in [0.2, 0.25) is 5.02 Å². The first-order valence-corrected chi connectivity index (χ1v) is 8.96. The topological polar surface area (TPSA) is 102 Å². The molecule has 1 aromatic heterocycles. The Morgan fingerprint density at radius 3 is 2.52 bits per heavy atom. The van der Waals surface area contributed by atoms with Gasteiger partial charge in [0.25, 0.3) is 5.91 Å². The van der Waals surface area contributed by atoms with Crippen molar-refractivity contribution >= 4 is 29.3 Å². The number of nitrogens with zero attached hydrogens (tertiary/aromatic N) is 3. The molecule has 8 nitrogen and oxygen atoms in total. The summed E-state index contributed by atoms with van der Waals surface area (Å²) >= 11 is 5.81. The van der Waals surface area contributed by atoms with Gasteiger partial charge in [-0.15, -0.1) is 5.06 Å². The third-order valence-corrected chi connectivity index (χ3v) is 3.47. The number of anilines is 1. The summed E-state index contributed by atoms with van der Waals surface area (Å²) in [7, 11) is 0. The Morgan fingerprint density at radius 1 is 1.24 bits per heavy atom. The maximum atomic E-state index is 12.0. The van der Waals surface area contributed by atoms with Crippen LogP contribution in [0.1, 0.15) is 33.3 Å². The second-order valence-corrected chi connectivity index (χ2v) is 7.32. The van der Waals surface area contributed by atoms with Crippen molar-refractivity contribution in [3.8, 4) is 17.6 Å². The molecule has 1 amide bonds. The van der Waals surface area contributed by atoms with E-state index >= 15 is 0 Å². The molecule has 9 heteroatoms. The van der Waals surface area contributed by atoms with E-state index in [9.17, 15) is 14.9 Å². The minimum Gasteiger partial charge on any atom is -0.482 e. The van der Waals surface area contributed by atoms with Gasteiger partial charge in [-0.2, -0.15) is 5.26 Å². The molecular formula is C20H20ClN3O5. The van der Waals surface area contributed by atoms with Crippen molar-refractivity contribution in [3.05, 3.63) is 47.1 Å². The Hall–Kier alpha value is -3.31. The van der Waals surface area contributed by atoms with Crippen molar-refractivity contribution in [2.75, 3.05) is 11.7 Å². The average molecular weight is 418 g/mol. The van der Waals surface area contributed by atoms with Crippen LogP contribution >= 0.6 is 11.6 Å². The average Bonchev–Trinajstić information content (AvgIpc) is 2.64. The molecule has 0 unspecified atom stereocenters. The number of esters is 1. The first kappa shape index (κ1) is 22.0. The molecular weight excluding hydrogens is 398 g/mol. The number of halogens is 1. The fourth-order valence-electron chi connectivity index (χ4n) is 2.14. The highest BCUT2D eigenvalue weighted by Gasteiger charge is 2.19. The molecule has 29 heavy (non-hydrogen) atoms. The summed E-state index contributed by atoms with van der Waals surface area (Å²) in [5, 5.41) is 10.8. The molecule has 0 saturated heterocycles. The van der Waals surface area contributed by atoms with Crippen LogP contribution in [0.4, 0.5) is 5.82 Å². The number of benzene rings is 1. The highest BCUT2D eigenvalue weighted by Crippen LogP contribution is 2.26. The Balaban J connectivity index is 2.15. The molecule has 0 aliphatic heterocycles. The molecule has 152 valence electrons. The molecule has 2 rings (SSSR count). The summed E-state index contributed by atoms with van der Waals surface area (Å²) in [6.45, 7) is 6.24. The zero-order valence-corrected chi connectivity index (χ0v) is 17.2. The quantitative estimate of drug-likeness (QED) is 0.521. The molecule has 0 bridgehead atoms. The molecule has 0 fully saturated rings. The lowest BCUT2D eigenvalue weighted by molar-refractivity contribution is -0.157. The molecule has 0 aliphatic rings. The van der Waals surface area contributed by atoms with E-state index in [-0.39, 0.29) is 29.5 Å². The Kier molecular flexibility index (Phi) is 7.02. The largest absolute Gasteiger partial charge is 0.482 e. The summed E-state index contributed by atoms with van der Waals surface area (Å²) < 4.78 is 10.5. The summed E-state index contributed by atoms with van der Waals surface area (Å²) in [6, 6.07) is 9.39. The van der Waals surface area contributed by atoms with Gasteiger partial charge < -0.3 is 14.3 Å². The number of rotatable bonds is 6. The molecule has 0 saturated carbocycles. The fraction of sp³-hybridized carbons (Fsp3) is 0.300. The number of pyridine rings is 1. The Labute approximate surface area is 173 Å². The number of hydrogen-bond acceptors (Lipinski definition) is 7. The normalized spacial score (nSPS) is 10.6. The molecule has 1 heterocycles. The number of aromatic nitrogens is 1. The maximum absolute atomic E-state index is 12.0. The zero-order valence-electron chi connectivity index (χ0n) is 16.4. The molecule has 0 atom stereocenters. The number of amides is 1. The van der Waals surface area contributed by atoms with Gasteiger partial charge in [-0.3, -0.25) is 4.79 Å². The lowest BCUT2D eigenvalue weighted by Gasteiger charge is -2.21. The third kappa shape index (κ3) is 6.66. The molecule has 0 spiro atoms. The summed E-state index contributed by atoms with van der Waals surface area (Å²) in [6.07, 6.45) is 1.37. The van der Waals surface area contributed by atoms with E-state index in [1.54, 1.807) is 26.8 Å². The van der Waals surface area contributed by atoms with Crippen molar-refractivity contribution in [2.45, 2.75) is 33.3 Å². The van der Waals surface area contributed by atoms with Gasteiger partial charge in [0.2, 0.25) is 0 Å². The number of carbonyl (C=O) groups is 2. The minimum atomic E-state index is -0.623. The first-order chi connectivity index (χ1) is 13.6. The van der Waals surface area contributed by atoms with Crippen LogP contribution in [0, 0.1) is 11.3 Å². The van der Waals surface area contributed by atoms with Crippen LogP contribution in [0.5, 0.6) is 11.5 Å². The number of hydroxylamine groups is 1. The smallest absolute Gasteiger partial charge is 0.344 e. The van der Waals surface area contributed by atoms with Gasteiger partial charge in [-0.25, -0.2) is 9.78 Å². The Bertz CT molecular complexity index is 933. The molecule has 0 N–H and O–H groups in total. The van der Waals surface area contributed by atoms with Crippen LogP contribution in [0.25, 0.3) is 0 Å². The second-order valence-electron chi connectivity index (χ2n) is 6.88. The fourth-order valence-corrected chi connectivity index (χ4v) is 2.25. The van der Waals surface area contributed by atoms with Gasteiger partial charge in [0.05, 0.1) is 5.02 Å². The summed E-state index contributed by atoms with van der Waals surface area (Å²) in [5.41, 5.74) is -0.520. The van der Waals surface area contributed by atoms with Crippen LogP contribution in [-0.2, 0) is 14.3 Å². The van der Waals surface area contributed by atoms with Gasteiger partial charge in [-0.05, 0) is 45.0 Å². The van der Waals surface area contributed by atoms with E-state index < -0.39 is 17.5 Å². The zero-order chi connectivity index (χ0) is 21.6. The van der Waals surface area contributed by atoms with Gasteiger partial charge in [-0.1, -0.05) is 11.6 Å². The van der Waals surface area contributed by atoms with Crippen molar-refractivity contribution in [3.63, 3.8) is 0 Å². The third-order valence-electron chi connectivity index (χ3n) is 3.24. The van der Waals surface area contributed by atoms with Crippen LogP contribution in [0.3, 0.4) is 0 Å². The number of carbonyl (C=O) groups excluding carboxylic acids is 2.